The summed E-state index contributed by atoms with van der Waals surface area (Å²) in [6.07, 6.45) is 3.40. The molecule has 0 spiro atoms. The molecule has 1 aliphatic heterocycles. The van der Waals surface area contributed by atoms with Crippen LogP contribution in [0.5, 0.6) is 0 Å². The predicted octanol–water partition coefficient (Wildman–Crippen LogP) is 0.250. The fourth-order valence-electron chi connectivity index (χ4n) is 1.55. The second kappa shape index (κ2) is 7.05. The molecule has 1 heterocycles. The Kier molecular flexibility index (Phi) is 5.63. The van der Waals surface area contributed by atoms with E-state index in [2.05, 4.69) is 15.5 Å². The van der Waals surface area contributed by atoms with Gasteiger partial charge < -0.3 is 10.1 Å². The predicted molar refractivity (Wildman–Crippen MR) is 58.6 cm³/mol. The first-order chi connectivity index (χ1) is 7.72. The van der Waals surface area contributed by atoms with Crippen LogP contribution in [0.25, 0.3) is 0 Å². The molecule has 0 radical (unpaired) electrons. The highest BCUT2D eigenvalue weighted by Crippen LogP contribution is 2.05. The van der Waals surface area contributed by atoms with Gasteiger partial charge in [0.2, 0.25) is 0 Å². The van der Waals surface area contributed by atoms with E-state index in [4.69, 9.17) is 0 Å². The number of amides is 2. The lowest BCUT2D eigenvalue weighted by Crippen LogP contribution is -2.50. The van der Waals surface area contributed by atoms with Crippen LogP contribution in [0.4, 0.5) is 4.79 Å². The normalized spacial score (nSPS) is 16.6. The van der Waals surface area contributed by atoms with E-state index in [1.54, 1.807) is 6.92 Å². The quantitative estimate of drug-likeness (QED) is 0.678. The monoisotopic (exact) mass is 229 g/mol. The molecule has 1 aliphatic rings. The van der Waals surface area contributed by atoms with Crippen molar-refractivity contribution in [2.24, 2.45) is 0 Å². The Morgan fingerprint density at radius 1 is 1.25 bits per heavy atom. The Hall–Kier alpha value is -1.30. The molecule has 6 heteroatoms. The summed E-state index contributed by atoms with van der Waals surface area (Å²) >= 11 is 0. The molecule has 2 N–H and O–H groups in total. The van der Waals surface area contributed by atoms with E-state index in [9.17, 15) is 9.59 Å². The zero-order chi connectivity index (χ0) is 11.8. The summed E-state index contributed by atoms with van der Waals surface area (Å²) in [5.41, 5.74) is 2.69. The van der Waals surface area contributed by atoms with Gasteiger partial charge >= 0.3 is 12.0 Å². The van der Waals surface area contributed by atoms with Crippen molar-refractivity contribution in [3.63, 3.8) is 0 Å². The molecule has 0 unspecified atom stereocenters. The van der Waals surface area contributed by atoms with Crippen LogP contribution in [-0.4, -0.2) is 43.3 Å². The number of ether oxygens (including phenoxy) is 1. The lowest BCUT2D eigenvalue weighted by Gasteiger charge is -2.26. The molecule has 16 heavy (non-hydrogen) atoms. The molecular formula is C10H19N3O3. The van der Waals surface area contributed by atoms with Gasteiger partial charge in [0.1, 0.15) is 6.54 Å². The van der Waals surface area contributed by atoms with Crippen LogP contribution in [0, 0.1) is 0 Å². The molecule has 0 saturated carbocycles. The summed E-state index contributed by atoms with van der Waals surface area (Å²) in [4.78, 5) is 22.3. The van der Waals surface area contributed by atoms with Crippen LogP contribution in [0.2, 0.25) is 0 Å². The minimum Gasteiger partial charge on any atom is -0.465 e. The second-order valence-electron chi connectivity index (χ2n) is 3.65. The highest BCUT2D eigenvalue weighted by molar-refractivity contribution is 5.80. The average Bonchev–Trinajstić information content (AvgIpc) is 2.28. The molecule has 0 aromatic rings. The van der Waals surface area contributed by atoms with E-state index in [0.29, 0.717) is 6.61 Å². The fourth-order valence-corrected chi connectivity index (χ4v) is 1.55. The van der Waals surface area contributed by atoms with E-state index in [1.807, 2.05) is 5.01 Å². The third kappa shape index (κ3) is 4.97. The van der Waals surface area contributed by atoms with Gasteiger partial charge in [0.25, 0.3) is 0 Å². The van der Waals surface area contributed by atoms with Crippen LogP contribution in [0.3, 0.4) is 0 Å². The molecule has 2 amide bonds. The van der Waals surface area contributed by atoms with E-state index in [1.165, 1.54) is 6.42 Å². The van der Waals surface area contributed by atoms with Crippen LogP contribution < -0.4 is 10.7 Å². The number of hydrogen-bond acceptors (Lipinski definition) is 4. The molecule has 1 fully saturated rings. The maximum Gasteiger partial charge on any atom is 0.329 e. The van der Waals surface area contributed by atoms with E-state index in [0.717, 1.165) is 25.9 Å². The second-order valence-corrected chi connectivity index (χ2v) is 3.65. The zero-order valence-corrected chi connectivity index (χ0v) is 9.62. The third-order valence-corrected chi connectivity index (χ3v) is 2.31. The summed E-state index contributed by atoms with van der Waals surface area (Å²) < 4.78 is 4.69. The van der Waals surface area contributed by atoms with Gasteiger partial charge in [-0.05, 0) is 19.8 Å². The maximum absolute atomic E-state index is 11.3. The topological polar surface area (TPSA) is 70.7 Å². The van der Waals surface area contributed by atoms with Crippen molar-refractivity contribution in [3.05, 3.63) is 0 Å². The summed E-state index contributed by atoms with van der Waals surface area (Å²) in [7, 11) is 0. The van der Waals surface area contributed by atoms with Crippen molar-refractivity contribution in [2.45, 2.75) is 26.2 Å². The number of piperidine rings is 1. The van der Waals surface area contributed by atoms with Crippen molar-refractivity contribution in [1.29, 1.82) is 0 Å². The van der Waals surface area contributed by atoms with Crippen molar-refractivity contribution in [3.8, 4) is 0 Å². The highest BCUT2D eigenvalue weighted by Gasteiger charge is 2.13. The third-order valence-electron chi connectivity index (χ3n) is 2.31. The number of rotatable bonds is 4. The number of esters is 1. The van der Waals surface area contributed by atoms with Gasteiger partial charge in [-0.3, -0.25) is 10.2 Å². The standard InChI is InChI=1S/C10H19N3O3/c1-2-16-9(14)8-11-10(15)12-13-6-4-3-5-7-13/h2-8H2,1H3,(H2,11,12,15). The minimum atomic E-state index is -0.420. The largest absolute Gasteiger partial charge is 0.465 e. The highest BCUT2D eigenvalue weighted by atomic mass is 16.5. The maximum atomic E-state index is 11.3. The Morgan fingerprint density at radius 2 is 1.94 bits per heavy atom. The molecule has 0 aliphatic carbocycles. The van der Waals surface area contributed by atoms with Crippen LogP contribution in [0.15, 0.2) is 0 Å². The smallest absolute Gasteiger partial charge is 0.329 e. The number of nitrogens with one attached hydrogen (secondary N) is 2. The Balaban J connectivity index is 2.12. The number of hydrogen-bond donors (Lipinski definition) is 2. The first-order valence-electron chi connectivity index (χ1n) is 5.67. The van der Waals surface area contributed by atoms with Crippen LogP contribution in [-0.2, 0) is 9.53 Å². The van der Waals surface area contributed by atoms with Crippen molar-refractivity contribution in [2.75, 3.05) is 26.2 Å². The molecule has 1 rings (SSSR count). The summed E-state index contributed by atoms with van der Waals surface area (Å²) in [5.74, 6) is -0.420. The summed E-state index contributed by atoms with van der Waals surface area (Å²) in [6.45, 7) is 3.70. The molecule has 92 valence electrons. The molecule has 0 aromatic carbocycles. The van der Waals surface area contributed by atoms with Crippen molar-refractivity contribution >= 4 is 12.0 Å². The van der Waals surface area contributed by atoms with Gasteiger partial charge in [0.05, 0.1) is 6.61 Å². The minimum absolute atomic E-state index is 0.0898. The number of urea groups is 1. The van der Waals surface area contributed by atoms with E-state index >= 15 is 0 Å². The number of hydrazine groups is 1. The molecule has 0 atom stereocenters. The van der Waals surface area contributed by atoms with Gasteiger partial charge in [-0.2, -0.15) is 0 Å². The Morgan fingerprint density at radius 3 is 2.56 bits per heavy atom. The first kappa shape index (κ1) is 12.8. The van der Waals surface area contributed by atoms with Crippen molar-refractivity contribution < 1.29 is 14.3 Å². The zero-order valence-electron chi connectivity index (χ0n) is 9.62. The van der Waals surface area contributed by atoms with Gasteiger partial charge in [0.15, 0.2) is 0 Å². The van der Waals surface area contributed by atoms with E-state index < -0.39 is 5.97 Å². The van der Waals surface area contributed by atoms with Crippen LogP contribution in [0.1, 0.15) is 26.2 Å². The summed E-state index contributed by atoms with van der Waals surface area (Å²) in [5, 5.41) is 4.31. The molecule has 0 aromatic heterocycles. The Bertz CT molecular complexity index is 239. The lowest BCUT2D eigenvalue weighted by atomic mass is 10.2. The van der Waals surface area contributed by atoms with E-state index in [-0.39, 0.29) is 12.6 Å². The fraction of sp³-hybridized carbons (Fsp3) is 0.800. The molecule has 6 nitrogen and oxygen atoms in total. The van der Waals surface area contributed by atoms with Gasteiger partial charge in [0, 0.05) is 13.1 Å². The number of carbonyl (C=O) groups excluding carboxylic acids is 2. The Labute approximate surface area is 95.3 Å². The molecular weight excluding hydrogens is 210 g/mol. The van der Waals surface area contributed by atoms with Gasteiger partial charge in [-0.1, -0.05) is 6.42 Å². The van der Waals surface area contributed by atoms with Gasteiger partial charge in [-0.25, -0.2) is 9.80 Å². The van der Waals surface area contributed by atoms with Crippen LogP contribution >= 0.6 is 0 Å². The first-order valence-corrected chi connectivity index (χ1v) is 5.67. The number of carbonyl (C=O) groups is 2. The SMILES string of the molecule is CCOC(=O)CNC(=O)NN1CCCCC1. The van der Waals surface area contributed by atoms with Crippen molar-refractivity contribution in [1.82, 2.24) is 15.8 Å². The molecule has 0 bridgehead atoms. The summed E-state index contributed by atoms with van der Waals surface area (Å²) in [6, 6.07) is -0.352. The molecule has 1 saturated heterocycles. The average molecular weight is 229 g/mol. The van der Waals surface area contributed by atoms with Gasteiger partial charge in [-0.15, -0.1) is 0 Å². The lowest BCUT2D eigenvalue weighted by molar-refractivity contribution is -0.141. The number of nitrogens with zero attached hydrogens (tertiary/aromatic N) is 1.